The molecule has 0 radical (unpaired) electrons. The first-order valence-electron chi connectivity index (χ1n) is 10.4. The lowest BCUT2D eigenvalue weighted by Gasteiger charge is -2.17. The fourth-order valence-corrected chi connectivity index (χ4v) is 4.17. The van der Waals surface area contributed by atoms with E-state index in [1.54, 1.807) is 0 Å². The Morgan fingerprint density at radius 3 is 2.43 bits per heavy atom. The van der Waals surface area contributed by atoms with Crippen molar-refractivity contribution < 1.29 is 4.79 Å². The second kappa shape index (κ2) is 8.59. The summed E-state index contributed by atoms with van der Waals surface area (Å²) >= 11 is 0. The third kappa shape index (κ3) is 4.80. The van der Waals surface area contributed by atoms with E-state index < -0.39 is 0 Å². The Morgan fingerprint density at radius 2 is 1.71 bits per heavy atom. The van der Waals surface area contributed by atoms with Crippen molar-refractivity contribution >= 4 is 29.0 Å². The molecule has 1 saturated heterocycles. The van der Waals surface area contributed by atoms with Crippen molar-refractivity contribution in [2.24, 2.45) is 5.92 Å². The van der Waals surface area contributed by atoms with Gasteiger partial charge in [-0.2, -0.15) is 4.98 Å². The highest BCUT2D eigenvalue weighted by molar-refractivity contribution is 5.91. The summed E-state index contributed by atoms with van der Waals surface area (Å²) in [7, 11) is 0. The lowest BCUT2D eigenvalue weighted by Crippen LogP contribution is -2.19. The molecule has 28 heavy (non-hydrogen) atoms. The van der Waals surface area contributed by atoms with E-state index in [4.69, 9.17) is 0 Å². The van der Waals surface area contributed by atoms with Gasteiger partial charge >= 0.3 is 0 Å². The molecule has 0 bridgehead atoms. The van der Waals surface area contributed by atoms with Crippen molar-refractivity contribution in [3.8, 4) is 0 Å². The van der Waals surface area contributed by atoms with Crippen molar-refractivity contribution in [2.75, 3.05) is 28.6 Å². The molecule has 1 saturated carbocycles. The molecule has 2 aliphatic rings. The molecule has 0 spiro atoms. The molecule has 1 aromatic heterocycles. The van der Waals surface area contributed by atoms with Crippen molar-refractivity contribution in [3.63, 3.8) is 0 Å². The van der Waals surface area contributed by atoms with Crippen LogP contribution in [0.15, 0.2) is 30.3 Å². The quantitative estimate of drug-likeness (QED) is 0.765. The summed E-state index contributed by atoms with van der Waals surface area (Å²) in [6.45, 7) is 4.12. The number of nitrogens with one attached hydrogen (secondary N) is 2. The zero-order valence-electron chi connectivity index (χ0n) is 16.6. The second-order valence-corrected chi connectivity index (χ2v) is 7.99. The van der Waals surface area contributed by atoms with Gasteiger partial charge in [-0.15, -0.1) is 0 Å². The van der Waals surface area contributed by atoms with E-state index in [1.165, 1.54) is 38.5 Å². The number of rotatable bonds is 6. The summed E-state index contributed by atoms with van der Waals surface area (Å²) < 4.78 is 0. The Balaban J connectivity index is 1.37. The first-order chi connectivity index (χ1) is 13.7. The molecule has 2 N–H and O–H groups in total. The summed E-state index contributed by atoms with van der Waals surface area (Å²) in [6.07, 6.45) is 7.98. The molecule has 6 heteroatoms. The summed E-state index contributed by atoms with van der Waals surface area (Å²) in [5, 5.41) is 6.30. The molecular formula is C22H29N5O. The Labute approximate surface area is 166 Å². The predicted octanol–water partition coefficient (Wildman–Crippen LogP) is 4.65. The number of hydrogen-bond donors (Lipinski definition) is 2. The number of hydrogen-bond acceptors (Lipinski definition) is 5. The molecule has 2 aromatic rings. The van der Waals surface area contributed by atoms with E-state index in [0.29, 0.717) is 18.3 Å². The van der Waals surface area contributed by atoms with E-state index in [9.17, 15) is 4.79 Å². The largest absolute Gasteiger partial charge is 0.356 e. The number of benzene rings is 1. The lowest BCUT2D eigenvalue weighted by molar-refractivity contribution is -0.117. The molecule has 6 nitrogen and oxygen atoms in total. The minimum Gasteiger partial charge on any atom is -0.356 e. The SMILES string of the molecule is Cc1cc(N2CCCC2)nc(Nc2ccc(NC(=O)CC3CCCC3)cc2)n1. The van der Waals surface area contributed by atoms with Crippen LogP contribution in [0, 0.1) is 12.8 Å². The molecular weight excluding hydrogens is 350 g/mol. The van der Waals surface area contributed by atoms with E-state index in [-0.39, 0.29) is 5.91 Å². The molecule has 4 rings (SSSR count). The van der Waals surface area contributed by atoms with E-state index in [1.807, 2.05) is 37.3 Å². The van der Waals surface area contributed by atoms with Gasteiger partial charge in [-0.3, -0.25) is 4.79 Å². The number of carbonyl (C=O) groups excluding carboxylic acids is 1. The maximum Gasteiger partial charge on any atom is 0.229 e. The summed E-state index contributed by atoms with van der Waals surface area (Å²) in [5.41, 5.74) is 2.69. The monoisotopic (exact) mass is 379 g/mol. The Kier molecular flexibility index (Phi) is 5.74. The highest BCUT2D eigenvalue weighted by Crippen LogP contribution is 2.28. The number of amides is 1. The van der Waals surface area contributed by atoms with Crippen LogP contribution >= 0.6 is 0 Å². The molecule has 1 aromatic carbocycles. The van der Waals surface area contributed by atoms with Gasteiger partial charge in [0.15, 0.2) is 0 Å². The van der Waals surface area contributed by atoms with E-state index in [2.05, 4.69) is 25.5 Å². The Morgan fingerprint density at radius 1 is 1.04 bits per heavy atom. The lowest BCUT2D eigenvalue weighted by atomic mass is 10.0. The van der Waals surface area contributed by atoms with Crippen LogP contribution in [-0.4, -0.2) is 29.0 Å². The Bertz CT molecular complexity index is 808. The van der Waals surface area contributed by atoms with Crippen molar-refractivity contribution in [3.05, 3.63) is 36.0 Å². The summed E-state index contributed by atoms with van der Waals surface area (Å²) in [5.74, 6) is 2.28. The van der Waals surface area contributed by atoms with Crippen molar-refractivity contribution in [1.82, 2.24) is 9.97 Å². The van der Waals surface area contributed by atoms with Crippen LogP contribution in [0.25, 0.3) is 0 Å². The van der Waals surface area contributed by atoms with E-state index in [0.717, 1.165) is 36.0 Å². The molecule has 1 amide bonds. The molecule has 0 unspecified atom stereocenters. The van der Waals surface area contributed by atoms with Gasteiger partial charge in [0.25, 0.3) is 0 Å². The molecule has 2 heterocycles. The molecule has 148 valence electrons. The van der Waals surface area contributed by atoms with Crippen molar-refractivity contribution in [1.29, 1.82) is 0 Å². The maximum atomic E-state index is 12.2. The molecule has 1 aliphatic carbocycles. The predicted molar refractivity (Wildman–Crippen MR) is 113 cm³/mol. The minimum absolute atomic E-state index is 0.116. The van der Waals surface area contributed by atoms with Crippen LogP contribution in [0.2, 0.25) is 0 Å². The summed E-state index contributed by atoms with van der Waals surface area (Å²) in [6, 6.07) is 9.79. The van der Waals surface area contributed by atoms with Crippen LogP contribution < -0.4 is 15.5 Å². The average molecular weight is 380 g/mol. The van der Waals surface area contributed by atoms with Crippen LogP contribution in [-0.2, 0) is 4.79 Å². The highest BCUT2D eigenvalue weighted by atomic mass is 16.1. The maximum absolute atomic E-state index is 12.2. The van der Waals surface area contributed by atoms with Gasteiger partial charge in [0.05, 0.1) is 0 Å². The smallest absolute Gasteiger partial charge is 0.229 e. The first kappa shape index (κ1) is 18.7. The number of aromatic nitrogens is 2. The number of carbonyl (C=O) groups is 1. The van der Waals surface area contributed by atoms with E-state index >= 15 is 0 Å². The minimum atomic E-state index is 0.116. The third-order valence-electron chi connectivity index (χ3n) is 5.64. The topological polar surface area (TPSA) is 70.2 Å². The van der Waals surface area contributed by atoms with Gasteiger partial charge in [0, 0.05) is 42.6 Å². The van der Waals surface area contributed by atoms with Crippen LogP contribution in [0.1, 0.15) is 50.6 Å². The van der Waals surface area contributed by atoms with Gasteiger partial charge in [0.1, 0.15) is 5.82 Å². The average Bonchev–Trinajstić information content (AvgIpc) is 3.37. The van der Waals surface area contributed by atoms with Gasteiger partial charge in [-0.1, -0.05) is 12.8 Å². The molecule has 2 fully saturated rings. The second-order valence-electron chi connectivity index (χ2n) is 7.99. The first-order valence-corrected chi connectivity index (χ1v) is 10.4. The summed E-state index contributed by atoms with van der Waals surface area (Å²) in [4.78, 5) is 23.7. The van der Waals surface area contributed by atoms with Crippen LogP contribution in [0.4, 0.5) is 23.1 Å². The normalized spacial score (nSPS) is 17.1. The van der Waals surface area contributed by atoms with Crippen molar-refractivity contribution in [2.45, 2.75) is 51.9 Å². The highest BCUT2D eigenvalue weighted by Gasteiger charge is 2.18. The standard InChI is InChI=1S/C22H29N5O/c1-16-14-20(27-12-4-5-13-27)26-22(23-16)25-19-10-8-18(9-11-19)24-21(28)15-17-6-2-3-7-17/h8-11,14,17H,2-7,12-13,15H2,1H3,(H,24,28)(H,23,25,26). The third-order valence-corrected chi connectivity index (χ3v) is 5.64. The fraction of sp³-hybridized carbons (Fsp3) is 0.500. The fourth-order valence-electron chi connectivity index (χ4n) is 4.17. The molecule has 0 atom stereocenters. The van der Waals surface area contributed by atoms with Crippen LogP contribution in [0.3, 0.4) is 0 Å². The van der Waals surface area contributed by atoms with Gasteiger partial charge < -0.3 is 15.5 Å². The number of nitrogens with zero attached hydrogens (tertiary/aromatic N) is 3. The van der Waals surface area contributed by atoms with Gasteiger partial charge in [-0.05, 0) is 62.8 Å². The Hall–Kier alpha value is -2.63. The number of aryl methyl sites for hydroxylation is 1. The van der Waals surface area contributed by atoms with Gasteiger partial charge in [-0.25, -0.2) is 4.98 Å². The van der Waals surface area contributed by atoms with Gasteiger partial charge in [0.2, 0.25) is 11.9 Å². The zero-order valence-corrected chi connectivity index (χ0v) is 16.6. The zero-order chi connectivity index (χ0) is 19.3. The number of anilines is 4. The van der Waals surface area contributed by atoms with Crippen LogP contribution in [0.5, 0.6) is 0 Å². The molecule has 1 aliphatic heterocycles.